The molecule has 0 fully saturated rings. The third kappa shape index (κ3) is 2.87. The van der Waals surface area contributed by atoms with Crippen molar-refractivity contribution in [1.29, 1.82) is 0 Å². The van der Waals surface area contributed by atoms with E-state index in [0.29, 0.717) is 0 Å². The molecule has 1 heterocycles. The number of aromatic nitrogens is 1. The minimum atomic E-state index is -4.98. The van der Waals surface area contributed by atoms with Crippen LogP contribution >= 0.6 is 11.6 Å². The summed E-state index contributed by atoms with van der Waals surface area (Å²) >= 11 is 5.39. The molecule has 1 aromatic heterocycles. The Morgan fingerprint density at radius 1 is 1.44 bits per heavy atom. The molecule has 0 aliphatic rings. The van der Waals surface area contributed by atoms with Gasteiger partial charge in [-0.25, -0.2) is 18.6 Å². The number of esters is 1. The normalized spacial score (nSPS) is 11.8. The molecular weight excluding hydrogens is 285 g/mol. The summed E-state index contributed by atoms with van der Waals surface area (Å²) in [6.45, 7) is 0. The lowest BCUT2D eigenvalue weighted by molar-refractivity contribution is -0.141. The number of carbonyl (C=O) groups is 1. The zero-order chi connectivity index (χ0) is 14.1. The van der Waals surface area contributed by atoms with Gasteiger partial charge < -0.3 is 4.74 Å². The second kappa shape index (κ2) is 5.05. The second-order valence-corrected chi connectivity index (χ2v) is 3.42. The fourth-order valence-electron chi connectivity index (χ4n) is 1.10. The minimum Gasteiger partial charge on any atom is -0.465 e. The molecule has 0 aliphatic heterocycles. The second-order valence-electron chi connectivity index (χ2n) is 3.04. The summed E-state index contributed by atoms with van der Waals surface area (Å²) in [5.74, 6) is -1.25. The molecule has 0 saturated heterocycles. The Bertz CT molecular complexity index is 475. The van der Waals surface area contributed by atoms with Crippen molar-refractivity contribution >= 4 is 17.6 Å². The first kappa shape index (κ1) is 14.6. The molecule has 0 bridgehead atoms. The van der Waals surface area contributed by atoms with Crippen LogP contribution in [0.4, 0.5) is 22.0 Å². The Kier molecular flexibility index (Phi) is 4.10. The molecule has 0 spiro atoms. The van der Waals surface area contributed by atoms with Crippen molar-refractivity contribution in [3.8, 4) is 0 Å². The molecule has 0 saturated carbocycles. The van der Waals surface area contributed by atoms with Crippen molar-refractivity contribution in [2.24, 2.45) is 0 Å². The highest BCUT2D eigenvalue weighted by Crippen LogP contribution is 2.35. The predicted molar refractivity (Wildman–Crippen MR) is 50.5 cm³/mol. The molecule has 0 amide bonds. The zero-order valence-corrected chi connectivity index (χ0v) is 9.44. The maximum absolute atomic E-state index is 12.5. The van der Waals surface area contributed by atoms with Crippen LogP contribution in [0.15, 0.2) is 6.07 Å². The Morgan fingerprint density at radius 2 is 2.00 bits per heavy atom. The molecule has 3 nitrogen and oxygen atoms in total. The molecule has 9 heteroatoms. The average molecular weight is 290 g/mol. The van der Waals surface area contributed by atoms with Crippen molar-refractivity contribution < 1.29 is 31.5 Å². The maximum atomic E-state index is 12.5. The number of hydrogen-bond donors (Lipinski definition) is 0. The van der Waals surface area contributed by atoms with E-state index in [1.54, 1.807) is 0 Å². The first-order valence-corrected chi connectivity index (χ1v) is 4.70. The van der Waals surface area contributed by atoms with Gasteiger partial charge in [0.05, 0.1) is 17.7 Å². The lowest BCUT2D eigenvalue weighted by Crippen LogP contribution is -2.14. The Balaban J connectivity index is 3.52. The average Bonchev–Trinajstić information content (AvgIpc) is 2.26. The Labute approximate surface area is 103 Å². The van der Waals surface area contributed by atoms with E-state index in [0.717, 1.165) is 7.11 Å². The van der Waals surface area contributed by atoms with Crippen LogP contribution in [0.2, 0.25) is 5.02 Å². The summed E-state index contributed by atoms with van der Waals surface area (Å²) in [7, 11) is 0.883. The number of halogens is 6. The number of methoxy groups -OCH3 is 1. The molecule has 0 N–H and O–H groups in total. The molecule has 0 atom stereocenters. The topological polar surface area (TPSA) is 39.2 Å². The number of pyridine rings is 1. The van der Waals surface area contributed by atoms with Crippen LogP contribution in [0.5, 0.6) is 0 Å². The molecular formula is C9H5ClF5NO2. The van der Waals surface area contributed by atoms with Gasteiger partial charge in [-0.15, -0.1) is 0 Å². The van der Waals surface area contributed by atoms with Gasteiger partial charge in [-0.3, -0.25) is 0 Å². The van der Waals surface area contributed by atoms with E-state index in [1.807, 2.05) is 0 Å². The molecule has 1 aromatic rings. The molecule has 0 unspecified atom stereocenters. The quantitative estimate of drug-likeness (QED) is 0.618. The summed E-state index contributed by atoms with van der Waals surface area (Å²) in [5, 5.41) is -0.857. The molecule has 18 heavy (non-hydrogen) atoms. The van der Waals surface area contributed by atoms with Crippen LogP contribution in [0.25, 0.3) is 0 Å². The maximum Gasteiger partial charge on any atom is 0.433 e. The summed E-state index contributed by atoms with van der Waals surface area (Å²) in [6, 6.07) is 0.264. The lowest BCUT2D eigenvalue weighted by atomic mass is 10.2. The Hall–Kier alpha value is -1.44. The number of hydrogen-bond acceptors (Lipinski definition) is 3. The van der Waals surface area contributed by atoms with E-state index in [4.69, 9.17) is 11.6 Å². The van der Waals surface area contributed by atoms with Gasteiger partial charge in [-0.05, 0) is 6.07 Å². The summed E-state index contributed by atoms with van der Waals surface area (Å²) in [4.78, 5) is 13.8. The van der Waals surface area contributed by atoms with E-state index >= 15 is 0 Å². The first-order valence-electron chi connectivity index (χ1n) is 4.32. The van der Waals surface area contributed by atoms with Crippen molar-refractivity contribution in [3.05, 3.63) is 28.0 Å². The molecule has 0 aliphatic carbocycles. The highest BCUT2D eigenvalue weighted by molar-refractivity contribution is 6.34. The summed E-state index contributed by atoms with van der Waals surface area (Å²) in [6.07, 6.45) is -8.32. The number of carbonyl (C=O) groups excluding carboxylic acids is 1. The largest absolute Gasteiger partial charge is 0.465 e. The molecule has 0 radical (unpaired) electrons. The zero-order valence-electron chi connectivity index (χ0n) is 8.69. The predicted octanol–water partition coefficient (Wildman–Crippen LogP) is 3.48. The smallest absolute Gasteiger partial charge is 0.433 e. The third-order valence-corrected chi connectivity index (χ3v) is 2.28. The van der Waals surface area contributed by atoms with Gasteiger partial charge in [0, 0.05) is 0 Å². The van der Waals surface area contributed by atoms with Crippen LogP contribution in [0.3, 0.4) is 0 Å². The van der Waals surface area contributed by atoms with Gasteiger partial charge in [0.2, 0.25) is 0 Å². The monoisotopic (exact) mass is 289 g/mol. The lowest BCUT2D eigenvalue weighted by Gasteiger charge is -2.12. The SMILES string of the molecule is COC(=O)c1cc(C(F)(F)F)nc(C(F)F)c1Cl. The summed E-state index contributed by atoms with van der Waals surface area (Å²) < 4.78 is 66.3. The van der Waals surface area contributed by atoms with Crippen LogP contribution in [0.1, 0.15) is 28.2 Å². The summed E-state index contributed by atoms with van der Waals surface area (Å²) in [5.41, 5.74) is -3.76. The van der Waals surface area contributed by atoms with Gasteiger partial charge >= 0.3 is 12.1 Å². The number of nitrogens with zero attached hydrogens (tertiary/aromatic N) is 1. The standard InChI is InChI=1S/C9H5ClF5NO2/c1-18-8(17)3-2-4(9(13,14)15)16-6(5(3)10)7(11)12/h2,7H,1H3. The molecule has 100 valence electrons. The van der Waals surface area contributed by atoms with Crippen LogP contribution in [-0.2, 0) is 10.9 Å². The minimum absolute atomic E-state index is 0.264. The third-order valence-electron chi connectivity index (χ3n) is 1.89. The fraction of sp³-hybridized carbons (Fsp3) is 0.333. The van der Waals surface area contributed by atoms with Gasteiger partial charge in [0.1, 0.15) is 11.4 Å². The highest BCUT2D eigenvalue weighted by Gasteiger charge is 2.36. The first-order chi connectivity index (χ1) is 8.18. The molecule has 0 aromatic carbocycles. The fourth-order valence-corrected chi connectivity index (χ4v) is 1.35. The highest BCUT2D eigenvalue weighted by atomic mass is 35.5. The van der Waals surface area contributed by atoms with E-state index < -0.39 is 40.5 Å². The van der Waals surface area contributed by atoms with Crippen molar-refractivity contribution in [3.63, 3.8) is 0 Å². The van der Waals surface area contributed by atoms with Crippen molar-refractivity contribution in [1.82, 2.24) is 4.98 Å². The van der Waals surface area contributed by atoms with Gasteiger partial charge in [0.25, 0.3) is 6.43 Å². The number of alkyl halides is 5. The van der Waals surface area contributed by atoms with Gasteiger partial charge in [-0.2, -0.15) is 13.2 Å². The van der Waals surface area contributed by atoms with E-state index in [-0.39, 0.29) is 6.07 Å². The van der Waals surface area contributed by atoms with E-state index in [2.05, 4.69) is 9.72 Å². The molecule has 1 rings (SSSR count). The van der Waals surface area contributed by atoms with Crippen LogP contribution < -0.4 is 0 Å². The van der Waals surface area contributed by atoms with Crippen molar-refractivity contribution in [2.45, 2.75) is 12.6 Å². The van der Waals surface area contributed by atoms with Crippen LogP contribution in [-0.4, -0.2) is 18.1 Å². The van der Waals surface area contributed by atoms with E-state index in [1.165, 1.54) is 0 Å². The van der Waals surface area contributed by atoms with E-state index in [9.17, 15) is 26.7 Å². The number of ether oxygens (including phenoxy) is 1. The number of rotatable bonds is 2. The van der Waals surface area contributed by atoms with Gasteiger partial charge in [0.15, 0.2) is 0 Å². The van der Waals surface area contributed by atoms with Gasteiger partial charge in [-0.1, -0.05) is 11.6 Å². The van der Waals surface area contributed by atoms with Crippen LogP contribution in [0, 0.1) is 0 Å². The van der Waals surface area contributed by atoms with Crippen molar-refractivity contribution in [2.75, 3.05) is 7.11 Å². The Morgan fingerprint density at radius 3 is 2.39 bits per heavy atom.